The van der Waals surface area contributed by atoms with Gasteiger partial charge in [-0.25, -0.2) is 4.98 Å². The molecule has 0 fully saturated rings. The minimum absolute atomic E-state index is 0.944. The van der Waals surface area contributed by atoms with E-state index in [1.807, 2.05) is 6.92 Å². The SMILES string of the molecule is CCCCn1cc(C)nc1Nc1ccc(CCC)cc1. The van der Waals surface area contributed by atoms with Gasteiger partial charge in [-0.3, -0.25) is 0 Å². The van der Waals surface area contributed by atoms with Crippen LogP contribution < -0.4 is 5.32 Å². The van der Waals surface area contributed by atoms with Crippen LogP contribution in [0.15, 0.2) is 30.5 Å². The lowest BCUT2D eigenvalue weighted by Crippen LogP contribution is -2.03. The molecular formula is C17H25N3. The van der Waals surface area contributed by atoms with E-state index in [1.165, 1.54) is 24.8 Å². The van der Waals surface area contributed by atoms with E-state index in [9.17, 15) is 0 Å². The second kappa shape index (κ2) is 7.13. The van der Waals surface area contributed by atoms with Gasteiger partial charge in [-0.15, -0.1) is 0 Å². The summed E-state index contributed by atoms with van der Waals surface area (Å²) in [6.07, 6.45) is 6.82. The molecule has 3 heteroatoms. The van der Waals surface area contributed by atoms with Gasteiger partial charge >= 0.3 is 0 Å². The molecule has 0 aliphatic heterocycles. The van der Waals surface area contributed by atoms with E-state index >= 15 is 0 Å². The highest BCUT2D eigenvalue weighted by Gasteiger charge is 2.05. The molecule has 1 heterocycles. The molecule has 108 valence electrons. The monoisotopic (exact) mass is 271 g/mol. The van der Waals surface area contributed by atoms with Gasteiger partial charge in [0.25, 0.3) is 0 Å². The molecule has 0 aliphatic rings. The van der Waals surface area contributed by atoms with E-state index in [0.717, 1.165) is 30.3 Å². The quantitative estimate of drug-likeness (QED) is 0.792. The Labute approximate surface area is 122 Å². The van der Waals surface area contributed by atoms with Gasteiger partial charge in [0.15, 0.2) is 0 Å². The van der Waals surface area contributed by atoms with Crippen molar-refractivity contribution in [1.82, 2.24) is 9.55 Å². The smallest absolute Gasteiger partial charge is 0.207 e. The second-order valence-electron chi connectivity index (χ2n) is 5.32. The molecular weight excluding hydrogens is 246 g/mol. The van der Waals surface area contributed by atoms with Gasteiger partial charge in [-0.1, -0.05) is 38.8 Å². The van der Waals surface area contributed by atoms with E-state index in [0.29, 0.717) is 0 Å². The van der Waals surface area contributed by atoms with Gasteiger partial charge in [0.2, 0.25) is 5.95 Å². The Balaban J connectivity index is 2.08. The van der Waals surface area contributed by atoms with Crippen molar-refractivity contribution in [2.75, 3.05) is 5.32 Å². The first-order valence-electron chi connectivity index (χ1n) is 7.62. The normalized spacial score (nSPS) is 10.8. The molecule has 0 aliphatic carbocycles. The van der Waals surface area contributed by atoms with E-state index in [4.69, 9.17) is 0 Å². The summed E-state index contributed by atoms with van der Waals surface area (Å²) in [5, 5.41) is 3.42. The third-order valence-electron chi connectivity index (χ3n) is 3.40. The fraction of sp³-hybridized carbons (Fsp3) is 0.471. The number of rotatable bonds is 7. The zero-order chi connectivity index (χ0) is 14.4. The van der Waals surface area contributed by atoms with Gasteiger partial charge in [0.1, 0.15) is 0 Å². The van der Waals surface area contributed by atoms with E-state index in [2.05, 4.69) is 59.2 Å². The second-order valence-corrected chi connectivity index (χ2v) is 5.32. The Hall–Kier alpha value is -1.77. The van der Waals surface area contributed by atoms with Crippen LogP contribution in [0.25, 0.3) is 0 Å². The summed E-state index contributed by atoms with van der Waals surface area (Å²) in [6.45, 7) is 7.48. The topological polar surface area (TPSA) is 29.9 Å². The van der Waals surface area contributed by atoms with Crippen molar-refractivity contribution < 1.29 is 0 Å². The van der Waals surface area contributed by atoms with Crippen molar-refractivity contribution in [3.63, 3.8) is 0 Å². The fourth-order valence-electron chi connectivity index (χ4n) is 2.32. The van der Waals surface area contributed by atoms with Gasteiger partial charge in [0, 0.05) is 18.4 Å². The predicted octanol–water partition coefficient (Wildman–Crippen LogP) is 4.69. The number of nitrogens with one attached hydrogen (secondary N) is 1. The first-order valence-corrected chi connectivity index (χ1v) is 7.62. The number of nitrogens with zero attached hydrogens (tertiary/aromatic N) is 2. The fourth-order valence-corrected chi connectivity index (χ4v) is 2.32. The van der Waals surface area contributed by atoms with Crippen molar-refractivity contribution in [2.45, 2.75) is 53.0 Å². The van der Waals surface area contributed by atoms with E-state index < -0.39 is 0 Å². The number of hydrogen-bond acceptors (Lipinski definition) is 2. The maximum atomic E-state index is 4.57. The van der Waals surface area contributed by atoms with Crippen molar-refractivity contribution in [3.05, 3.63) is 41.7 Å². The summed E-state index contributed by atoms with van der Waals surface area (Å²) in [5.41, 5.74) is 3.56. The van der Waals surface area contributed by atoms with Crippen LogP contribution in [0, 0.1) is 6.92 Å². The number of anilines is 2. The highest BCUT2D eigenvalue weighted by atomic mass is 15.2. The summed E-state index contributed by atoms with van der Waals surface area (Å²) in [5.74, 6) is 0.944. The van der Waals surface area contributed by atoms with Crippen molar-refractivity contribution >= 4 is 11.6 Å². The molecule has 0 saturated carbocycles. The summed E-state index contributed by atoms with van der Waals surface area (Å²) in [6, 6.07) is 8.66. The number of imidazole rings is 1. The molecule has 1 aromatic heterocycles. The third-order valence-corrected chi connectivity index (χ3v) is 3.40. The minimum Gasteiger partial charge on any atom is -0.326 e. The number of aryl methyl sites for hydroxylation is 3. The first kappa shape index (κ1) is 14.6. The summed E-state index contributed by atoms with van der Waals surface area (Å²) in [4.78, 5) is 4.57. The highest BCUT2D eigenvalue weighted by Crippen LogP contribution is 2.18. The number of unbranched alkanes of at least 4 members (excludes halogenated alkanes) is 1. The van der Waals surface area contributed by atoms with Crippen molar-refractivity contribution in [2.24, 2.45) is 0 Å². The minimum atomic E-state index is 0.944. The van der Waals surface area contributed by atoms with Crippen LogP contribution in [0.3, 0.4) is 0 Å². The highest BCUT2D eigenvalue weighted by molar-refractivity contribution is 5.54. The molecule has 0 unspecified atom stereocenters. The molecule has 0 saturated heterocycles. The first-order chi connectivity index (χ1) is 9.72. The molecule has 0 spiro atoms. The van der Waals surface area contributed by atoms with E-state index in [-0.39, 0.29) is 0 Å². The van der Waals surface area contributed by atoms with Crippen LogP contribution in [-0.4, -0.2) is 9.55 Å². The van der Waals surface area contributed by atoms with Crippen LogP contribution in [-0.2, 0) is 13.0 Å². The molecule has 0 bridgehead atoms. The lowest BCUT2D eigenvalue weighted by Gasteiger charge is -2.09. The summed E-state index contributed by atoms with van der Waals surface area (Å²) in [7, 11) is 0. The van der Waals surface area contributed by atoms with Gasteiger partial charge in [-0.2, -0.15) is 0 Å². The Morgan fingerprint density at radius 1 is 1.10 bits per heavy atom. The molecule has 0 radical (unpaired) electrons. The number of aromatic nitrogens is 2. The van der Waals surface area contributed by atoms with Gasteiger partial charge < -0.3 is 9.88 Å². The van der Waals surface area contributed by atoms with Gasteiger partial charge in [-0.05, 0) is 37.5 Å². The average molecular weight is 271 g/mol. The lowest BCUT2D eigenvalue weighted by atomic mass is 10.1. The molecule has 2 rings (SSSR count). The molecule has 2 aromatic rings. The Morgan fingerprint density at radius 2 is 1.85 bits per heavy atom. The third kappa shape index (κ3) is 3.86. The molecule has 3 nitrogen and oxygen atoms in total. The number of benzene rings is 1. The predicted molar refractivity (Wildman–Crippen MR) is 85.6 cm³/mol. The Morgan fingerprint density at radius 3 is 2.50 bits per heavy atom. The van der Waals surface area contributed by atoms with Crippen molar-refractivity contribution in [1.29, 1.82) is 0 Å². The van der Waals surface area contributed by atoms with E-state index in [1.54, 1.807) is 0 Å². The number of hydrogen-bond donors (Lipinski definition) is 1. The zero-order valence-electron chi connectivity index (χ0n) is 12.8. The molecule has 0 atom stereocenters. The largest absolute Gasteiger partial charge is 0.326 e. The van der Waals surface area contributed by atoms with Crippen LogP contribution in [0.5, 0.6) is 0 Å². The molecule has 1 aromatic carbocycles. The molecule has 1 N–H and O–H groups in total. The standard InChI is InChI=1S/C17H25N3/c1-4-6-12-20-13-14(3)18-17(20)19-16-10-8-15(7-5-2)9-11-16/h8-11,13H,4-7,12H2,1-3H3,(H,18,19). The van der Waals surface area contributed by atoms with Gasteiger partial charge in [0.05, 0.1) is 5.69 Å². The molecule has 0 amide bonds. The molecule has 20 heavy (non-hydrogen) atoms. The van der Waals surface area contributed by atoms with Crippen LogP contribution >= 0.6 is 0 Å². The summed E-state index contributed by atoms with van der Waals surface area (Å²) >= 11 is 0. The van der Waals surface area contributed by atoms with Crippen molar-refractivity contribution in [3.8, 4) is 0 Å². The average Bonchev–Trinajstić information content (AvgIpc) is 2.79. The summed E-state index contributed by atoms with van der Waals surface area (Å²) < 4.78 is 2.21. The maximum absolute atomic E-state index is 4.57. The van der Waals surface area contributed by atoms with Crippen LogP contribution in [0.4, 0.5) is 11.6 Å². The zero-order valence-corrected chi connectivity index (χ0v) is 12.8. The Kier molecular flexibility index (Phi) is 5.22. The van der Waals surface area contributed by atoms with Crippen LogP contribution in [0.2, 0.25) is 0 Å². The Bertz CT molecular complexity index is 526. The maximum Gasteiger partial charge on any atom is 0.207 e. The van der Waals surface area contributed by atoms with Crippen LogP contribution in [0.1, 0.15) is 44.4 Å². The lowest BCUT2D eigenvalue weighted by molar-refractivity contribution is 0.637.